The molecule has 5 heteroatoms. The summed E-state index contributed by atoms with van der Waals surface area (Å²) in [4.78, 5) is 28.6. The quantitative estimate of drug-likeness (QED) is 0.854. The van der Waals surface area contributed by atoms with Crippen LogP contribution < -0.4 is 5.32 Å². The third-order valence-corrected chi connectivity index (χ3v) is 4.95. The van der Waals surface area contributed by atoms with Crippen molar-refractivity contribution in [3.63, 3.8) is 0 Å². The van der Waals surface area contributed by atoms with Gasteiger partial charge >= 0.3 is 5.97 Å². The smallest absolute Gasteiger partial charge is 0.307 e. The number of fused-ring (bicyclic) bond motifs is 3. The number of carbonyl (C=O) groups is 2. The van der Waals surface area contributed by atoms with Crippen LogP contribution >= 0.6 is 0 Å². The molecule has 1 saturated carbocycles. The topological polar surface area (TPSA) is 79.3 Å². The maximum atomic E-state index is 12.7. The molecule has 2 N–H and O–H groups in total. The van der Waals surface area contributed by atoms with E-state index in [0.29, 0.717) is 5.69 Å². The van der Waals surface area contributed by atoms with Crippen LogP contribution in [0.25, 0.3) is 10.9 Å². The van der Waals surface area contributed by atoms with E-state index in [4.69, 9.17) is 0 Å². The predicted molar refractivity (Wildman–Crippen MR) is 85.7 cm³/mol. The first-order valence-electron chi connectivity index (χ1n) is 7.71. The van der Waals surface area contributed by atoms with Crippen molar-refractivity contribution in [3.8, 4) is 0 Å². The summed E-state index contributed by atoms with van der Waals surface area (Å²) in [7, 11) is 0. The Labute approximate surface area is 133 Å². The Morgan fingerprint density at radius 1 is 1.09 bits per heavy atom. The second-order valence-electron chi connectivity index (χ2n) is 6.20. The fourth-order valence-corrected chi connectivity index (χ4v) is 3.94. The fourth-order valence-electron chi connectivity index (χ4n) is 3.94. The lowest BCUT2D eigenvalue weighted by Crippen LogP contribution is -2.36. The van der Waals surface area contributed by atoms with E-state index >= 15 is 0 Å². The first-order chi connectivity index (χ1) is 11.1. The standard InChI is InChI=1S/C18H16N2O3/c21-17(15-10-6-7-11(9-10)16(15)18(22)23)20-14-5-1-4-13-12(14)3-2-8-19-13/h1-8,10-11,15-16H,9H2,(H,20,21)(H,22,23). The van der Waals surface area contributed by atoms with Crippen molar-refractivity contribution in [3.05, 3.63) is 48.7 Å². The number of carbonyl (C=O) groups excluding carboxylic acids is 1. The van der Waals surface area contributed by atoms with Gasteiger partial charge in [0.25, 0.3) is 0 Å². The van der Waals surface area contributed by atoms with Gasteiger partial charge in [0, 0.05) is 11.6 Å². The third kappa shape index (κ3) is 2.20. The van der Waals surface area contributed by atoms with Gasteiger partial charge in [-0.15, -0.1) is 0 Å². The van der Waals surface area contributed by atoms with E-state index in [9.17, 15) is 14.7 Å². The Hall–Kier alpha value is -2.69. The van der Waals surface area contributed by atoms with Gasteiger partial charge < -0.3 is 10.4 Å². The number of hydrogen-bond donors (Lipinski definition) is 2. The summed E-state index contributed by atoms with van der Waals surface area (Å²) in [5, 5.41) is 13.2. The zero-order valence-electron chi connectivity index (χ0n) is 12.3. The van der Waals surface area contributed by atoms with Gasteiger partial charge in [0.15, 0.2) is 0 Å². The van der Waals surface area contributed by atoms with Gasteiger partial charge in [-0.1, -0.05) is 18.2 Å². The largest absolute Gasteiger partial charge is 0.481 e. The van der Waals surface area contributed by atoms with Gasteiger partial charge in [-0.25, -0.2) is 0 Å². The lowest BCUT2D eigenvalue weighted by Gasteiger charge is -2.24. The van der Waals surface area contributed by atoms with Gasteiger partial charge in [-0.05, 0) is 42.5 Å². The molecule has 5 nitrogen and oxygen atoms in total. The number of nitrogens with zero attached hydrogens (tertiary/aromatic N) is 1. The molecule has 2 bridgehead atoms. The number of carboxylic acid groups (broad SMARTS) is 1. The van der Waals surface area contributed by atoms with Crippen LogP contribution in [0.15, 0.2) is 48.7 Å². The van der Waals surface area contributed by atoms with E-state index in [1.165, 1.54) is 0 Å². The highest BCUT2D eigenvalue weighted by Gasteiger charge is 2.51. The maximum absolute atomic E-state index is 12.7. The van der Waals surface area contributed by atoms with Gasteiger partial charge in [-0.3, -0.25) is 14.6 Å². The minimum Gasteiger partial charge on any atom is -0.481 e. The van der Waals surface area contributed by atoms with Crippen LogP contribution in [0.1, 0.15) is 6.42 Å². The Bertz CT molecular complexity index is 825. The first-order valence-corrected chi connectivity index (χ1v) is 7.71. The monoisotopic (exact) mass is 308 g/mol. The van der Waals surface area contributed by atoms with Crippen LogP contribution in [0, 0.1) is 23.7 Å². The molecule has 0 spiro atoms. The zero-order valence-corrected chi connectivity index (χ0v) is 12.3. The lowest BCUT2D eigenvalue weighted by molar-refractivity contribution is -0.146. The number of nitrogens with one attached hydrogen (secondary N) is 1. The number of rotatable bonds is 3. The summed E-state index contributed by atoms with van der Waals surface area (Å²) in [6.45, 7) is 0. The van der Waals surface area contributed by atoms with Crippen molar-refractivity contribution in [1.29, 1.82) is 0 Å². The van der Waals surface area contributed by atoms with Crippen molar-refractivity contribution in [2.45, 2.75) is 6.42 Å². The molecule has 1 fully saturated rings. The second-order valence-corrected chi connectivity index (χ2v) is 6.20. The molecule has 23 heavy (non-hydrogen) atoms. The molecule has 1 aromatic heterocycles. The van der Waals surface area contributed by atoms with Crippen LogP contribution in [0.2, 0.25) is 0 Å². The van der Waals surface area contributed by atoms with E-state index in [1.807, 2.05) is 42.5 Å². The summed E-state index contributed by atoms with van der Waals surface area (Å²) < 4.78 is 0. The number of carboxylic acids is 1. The van der Waals surface area contributed by atoms with Crippen LogP contribution in [0.3, 0.4) is 0 Å². The van der Waals surface area contributed by atoms with E-state index in [1.54, 1.807) is 6.20 Å². The number of aromatic nitrogens is 1. The number of aliphatic carboxylic acids is 1. The Morgan fingerprint density at radius 2 is 1.87 bits per heavy atom. The summed E-state index contributed by atoms with van der Waals surface area (Å²) >= 11 is 0. The second kappa shape index (κ2) is 5.19. The Morgan fingerprint density at radius 3 is 2.65 bits per heavy atom. The highest BCUT2D eigenvalue weighted by molar-refractivity contribution is 6.03. The molecule has 4 unspecified atom stereocenters. The van der Waals surface area contributed by atoms with Crippen LogP contribution in [0.4, 0.5) is 5.69 Å². The first kappa shape index (κ1) is 13.9. The molecule has 2 aromatic rings. The van der Waals surface area contributed by atoms with Crippen LogP contribution in [-0.4, -0.2) is 22.0 Å². The zero-order chi connectivity index (χ0) is 16.0. The van der Waals surface area contributed by atoms with E-state index in [0.717, 1.165) is 17.3 Å². The van der Waals surface area contributed by atoms with Gasteiger partial charge in [0.05, 0.1) is 23.0 Å². The Kier molecular flexibility index (Phi) is 3.15. The van der Waals surface area contributed by atoms with Crippen LogP contribution in [0.5, 0.6) is 0 Å². The summed E-state index contributed by atoms with van der Waals surface area (Å²) in [6.07, 6.45) is 6.38. The predicted octanol–water partition coefficient (Wildman–Crippen LogP) is 2.70. The molecule has 1 aromatic carbocycles. The summed E-state index contributed by atoms with van der Waals surface area (Å²) in [5.74, 6) is -2.24. The molecular formula is C18H16N2O3. The van der Waals surface area contributed by atoms with Crippen molar-refractivity contribution in [2.75, 3.05) is 5.32 Å². The van der Waals surface area contributed by atoms with Crippen molar-refractivity contribution >= 4 is 28.5 Å². The molecular weight excluding hydrogens is 292 g/mol. The van der Waals surface area contributed by atoms with Crippen molar-refractivity contribution in [2.24, 2.45) is 23.7 Å². The summed E-state index contributed by atoms with van der Waals surface area (Å²) in [5.41, 5.74) is 1.48. The molecule has 0 aliphatic heterocycles. The van der Waals surface area contributed by atoms with Crippen molar-refractivity contribution < 1.29 is 14.7 Å². The maximum Gasteiger partial charge on any atom is 0.307 e. The SMILES string of the molecule is O=C(O)C1C2C=CC(C2)C1C(=O)Nc1cccc2ncccc12. The van der Waals surface area contributed by atoms with Crippen LogP contribution in [-0.2, 0) is 9.59 Å². The van der Waals surface area contributed by atoms with Gasteiger partial charge in [0.1, 0.15) is 0 Å². The lowest BCUT2D eigenvalue weighted by atomic mass is 9.82. The molecule has 2 aliphatic carbocycles. The minimum absolute atomic E-state index is 0.0224. The number of amides is 1. The molecule has 0 radical (unpaired) electrons. The normalized spacial score (nSPS) is 28.2. The molecule has 116 valence electrons. The van der Waals surface area contributed by atoms with Crippen molar-refractivity contribution in [1.82, 2.24) is 4.98 Å². The Balaban J connectivity index is 1.65. The van der Waals surface area contributed by atoms with E-state index in [-0.39, 0.29) is 17.7 Å². The molecule has 0 saturated heterocycles. The van der Waals surface area contributed by atoms with Gasteiger partial charge in [0.2, 0.25) is 5.91 Å². The molecule has 1 heterocycles. The third-order valence-electron chi connectivity index (χ3n) is 4.95. The number of hydrogen-bond acceptors (Lipinski definition) is 3. The summed E-state index contributed by atoms with van der Waals surface area (Å²) in [6, 6.07) is 9.25. The number of allylic oxidation sites excluding steroid dienone is 2. The molecule has 2 aliphatic rings. The highest BCUT2D eigenvalue weighted by atomic mass is 16.4. The molecule has 4 rings (SSSR count). The van der Waals surface area contributed by atoms with E-state index in [2.05, 4.69) is 10.3 Å². The number of benzene rings is 1. The minimum atomic E-state index is -0.887. The molecule has 4 atom stereocenters. The number of pyridine rings is 1. The fraction of sp³-hybridized carbons (Fsp3) is 0.278. The highest BCUT2D eigenvalue weighted by Crippen LogP contribution is 2.48. The number of anilines is 1. The average Bonchev–Trinajstić information content (AvgIpc) is 3.16. The molecule has 1 amide bonds. The average molecular weight is 308 g/mol. The van der Waals surface area contributed by atoms with Gasteiger partial charge in [-0.2, -0.15) is 0 Å². The van der Waals surface area contributed by atoms with E-state index < -0.39 is 17.8 Å².